The van der Waals surface area contributed by atoms with E-state index in [4.69, 9.17) is 0 Å². The van der Waals surface area contributed by atoms with Gasteiger partial charge in [0.2, 0.25) is 0 Å². The minimum atomic E-state index is -0.668. The molecule has 2 atom stereocenters. The smallest absolute Gasteiger partial charge is 0.307 e. The van der Waals surface area contributed by atoms with E-state index in [1.807, 2.05) is 26.0 Å². The molecular formula is C15H20O2. The van der Waals surface area contributed by atoms with Crippen LogP contribution >= 0.6 is 0 Å². The van der Waals surface area contributed by atoms with Gasteiger partial charge in [-0.3, -0.25) is 4.79 Å². The molecule has 1 N–H and O–H groups in total. The van der Waals surface area contributed by atoms with Crippen molar-refractivity contribution in [3.8, 4) is 0 Å². The van der Waals surface area contributed by atoms with E-state index in [9.17, 15) is 9.90 Å². The minimum absolute atomic E-state index is 0.114. The van der Waals surface area contributed by atoms with Crippen molar-refractivity contribution in [3.05, 3.63) is 35.4 Å². The fourth-order valence-electron chi connectivity index (χ4n) is 3.00. The van der Waals surface area contributed by atoms with Gasteiger partial charge in [0.1, 0.15) is 0 Å². The molecule has 0 aliphatic heterocycles. The maximum absolute atomic E-state index is 11.2. The third kappa shape index (κ3) is 1.86. The molecule has 2 heteroatoms. The van der Waals surface area contributed by atoms with Crippen LogP contribution in [0.2, 0.25) is 0 Å². The van der Waals surface area contributed by atoms with Crippen molar-refractivity contribution in [2.45, 2.75) is 39.5 Å². The highest BCUT2D eigenvalue weighted by atomic mass is 16.4. The second kappa shape index (κ2) is 3.86. The minimum Gasteiger partial charge on any atom is -0.481 e. The van der Waals surface area contributed by atoms with Gasteiger partial charge in [-0.2, -0.15) is 0 Å². The molecule has 0 heterocycles. The van der Waals surface area contributed by atoms with Gasteiger partial charge in [0.15, 0.2) is 0 Å². The van der Waals surface area contributed by atoms with E-state index in [0.717, 1.165) is 0 Å². The Bertz CT molecular complexity index is 446. The Morgan fingerprint density at radius 2 is 1.88 bits per heavy atom. The van der Waals surface area contributed by atoms with E-state index in [1.165, 1.54) is 11.1 Å². The lowest BCUT2D eigenvalue weighted by molar-refractivity contribution is -0.139. The zero-order valence-electron chi connectivity index (χ0n) is 10.9. The Morgan fingerprint density at radius 3 is 2.35 bits per heavy atom. The summed E-state index contributed by atoms with van der Waals surface area (Å²) in [7, 11) is 0. The average Bonchev–Trinajstić information content (AvgIpc) is 2.81. The van der Waals surface area contributed by atoms with Gasteiger partial charge in [-0.25, -0.2) is 0 Å². The van der Waals surface area contributed by atoms with Crippen molar-refractivity contribution < 1.29 is 9.90 Å². The fourth-order valence-corrected chi connectivity index (χ4v) is 3.00. The standard InChI is InChI=1S/C15H20O2/c1-9(2)10-7-5-6-8-11(10)12-13(14(16)17)15(12,3)4/h5-9,12-13H,1-4H3,(H,16,17)/t12-,13+/m0/s1. The van der Waals surface area contributed by atoms with Gasteiger partial charge in [-0.1, -0.05) is 52.0 Å². The summed E-state index contributed by atoms with van der Waals surface area (Å²) in [5.41, 5.74) is 2.39. The molecule has 1 fully saturated rings. The van der Waals surface area contributed by atoms with Crippen molar-refractivity contribution in [1.29, 1.82) is 0 Å². The number of carbonyl (C=O) groups is 1. The Kier molecular flexibility index (Phi) is 2.76. The molecule has 0 unspecified atom stereocenters. The molecule has 1 aliphatic rings. The van der Waals surface area contributed by atoms with Gasteiger partial charge < -0.3 is 5.11 Å². The first-order valence-corrected chi connectivity index (χ1v) is 6.19. The normalized spacial score (nSPS) is 25.9. The number of hydrogen-bond donors (Lipinski definition) is 1. The van der Waals surface area contributed by atoms with Crippen LogP contribution in [0.15, 0.2) is 24.3 Å². The third-order valence-corrected chi connectivity index (χ3v) is 4.05. The maximum atomic E-state index is 11.2. The predicted octanol–water partition coefficient (Wildman–Crippen LogP) is 3.63. The van der Waals surface area contributed by atoms with E-state index in [1.54, 1.807) is 0 Å². The monoisotopic (exact) mass is 232 g/mol. The predicted molar refractivity (Wildman–Crippen MR) is 68.2 cm³/mol. The van der Waals surface area contributed by atoms with Gasteiger partial charge in [-0.05, 0) is 22.5 Å². The van der Waals surface area contributed by atoms with Crippen molar-refractivity contribution in [1.82, 2.24) is 0 Å². The third-order valence-electron chi connectivity index (χ3n) is 4.05. The van der Waals surface area contributed by atoms with Crippen LogP contribution in [0.3, 0.4) is 0 Å². The number of hydrogen-bond acceptors (Lipinski definition) is 1. The topological polar surface area (TPSA) is 37.3 Å². The first-order valence-electron chi connectivity index (χ1n) is 6.19. The Hall–Kier alpha value is -1.31. The highest BCUT2D eigenvalue weighted by molar-refractivity contribution is 5.77. The summed E-state index contributed by atoms with van der Waals surface area (Å²) >= 11 is 0. The molecule has 1 aromatic carbocycles. The molecule has 1 aromatic rings. The van der Waals surface area contributed by atoms with Crippen LogP contribution in [0.4, 0.5) is 0 Å². The molecular weight excluding hydrogens is 212 g/mol. The molecule has 0 spiro atoms. The molecule has 17 heavy (non-hydrogen) atoms. The second-order valence-electron chi connectivity index (χ2n) is 5.90. The lowest BCUT2D eigenvalue weighted by atomic mass is 9.92. The fraction of sp³-hybridized carbons (Fsp3) is 0.533. The zero-order valence-corrected chi connectivity index (χ0v) is 10.9. The van der Waals surface area contributed by atoms with E-state index in [-0.39, 0.29) is 17.3 Å². The van der Waals surface area contributed by atoms with Crippen LogP contribution in [0.25, 0.3) is 0 Å². The van der Waals surface area contributed by atoms with Crippen LogP contribution in [-0.2, 0) is 4.79 Å². The van der Waals surface area contributed by atoms with Gasteiger partial charge in [0, 0.05) is 5.92 Å². The van der Waals surface area contributed by atoms with Crippen molar-refractivity contribution in [2.75, 3.05) is 0 Å². The first-order chi connectivity index (χ1) is 7.87. The van der Waals surface area contributed by atoms with Crippen LogP contribution in [0, 0.1) is 11.3 Å². The van der Waals surface area contributed by atoms with E-state index >= 15 is 0 Å². The van der Waals surface area contributed by atoms with E-state index in [2.05, 4.69) is 26.0 Å². The molecule has 92 valence electrons. The number of rotatable bonds is 3. The molecule has 0 bridgehead atoms. The Balaban J connectivity index is 2.40. The van der Waals surface area contributed by atoms with Gasteiger partial charge in [-0.15, -0.1) is 0 Å². The van der Waals surface area contributed by atoms with Crippen molar-refractivity contribution >= 4 is 5.97 Å². The summed E-state index contributed by atoms with van der Waals surface area (Å²) in [6.45, 7) is 8.41. The molecule has 1 aliphatic carbocycles. The van der Waals surface area contributed by atoms with Crippen LogP contribution in [-0.4, -0.2) is 11.1 Å². The lowest BCUT2D eigenvalue weighted by Gasteiger charge is -2.13. The van der Waals surface area contributed by atoms with Gasteiger partial charge >= 0.3 is 5.97 Å². The van der Waals surface area contributed by atoms with Crippen molar-refractivity contribution in [2.24, 2.45) is 11.3 Å². The second-order valence-corrected chi connectivity index (χ2v) is 5.90. The number of carboxylic acid groups (broad SMARTS) is 1. The molecule has 0 aromatic heterocycles. The van der Waals surface area contributed by atoms with Crippen molar-refractivity contribution in [3.63, 3.8) is 0 Å². The zero-order chi connectivity index (χ0) is 12.8. The molecule has 0 saturated heterocycles. The maximum Gasteiger partial charge on any atom is 0.307 e. The summed E-state index contributed by atoms with van der Waals surface area (Å²) in [5, 5.41) is 9.25. The Morgan fingerprint density at radius 1 is 1.29 bits per heavy atom. The van der Waals surface area contributed by atoms with Crippen LogP contribution in [0.5, 0.6) is 0 Å². The molecule has 2 nitrogen and oxygen atoms in total. The summed E-state index contributed by atoms with van der Waals surface area (Å²) in [5.74, 6) is -0.295. The lowest BCUT2D eigenvalue weighted by Crippen LogP contribution is -2.03. The van der Waals surface area contributed by atoms with Gasteiger partial charge in [0.05, 0.1) is 5.92 Å². The number of carboxylic acids is 1. The van der Waals surface area contributed by atoms with Gasteiger partial charge in [0.25, 0.3) is 0 Å². The highest BCUT2D eigenvalue weighted by Crippen LogP contribution is 2.65. The molecule has 0 radical (unpaired) electrons. The Labute approximate surface area is 103 Å². The van der Waals surface area contributed by atoms with E-state index in [0.29, 0.717) is 5.92 Å². The number of aliphatic carboxylic acids is 1. The highest BCUT2D eigenvalue weighted by Gasteiger charge is 2.63. The molecule has 0 amide bonds. The first kappa shape index (κ1) is 12.2. The largest absolute Gasteiger partial charge is 0.481 e. The summed E-state index contributed by atoms with van der Waals surface area (Å²) < 4.78 is 0. The van der Waals surface area contributed by atoms with Crippen LogP contribution < -0.4 is 0 Å². The SMILES string of the molecule is CC(C)c1ccccc1[C@H]1[C@H](C(=O)O)C1(C)C. The van der Waals surface area contributed by atoms with E-state index < -0.39 is 5.97 Å². The summed E-state index contributed by atoms with van der Waals surface area (Å²) in [6, 6.07) is 8.25. The number of benzene rings is 1. The quantitative estimate of drug-likeness (QED) is 0.864. The summed E-state index contributed by atoms with van der Waals surface area (Å²) in [6.07, 6.45) is 0. The van der Waals surface area contributed by atoms with Crippen LogP contribution in [0.1, 0.15) is 50.7 Å². The molecule has 2 rings (SSSR count). The molecule has 1 saturated carbocycles. The average molecular weight is 232 g/mol. The summed E-state index contributed by atoms with van der Waals surface area (Å²) in [4.78, 5) is 11.2.